The Morgan fingerprint density at radius 1 is 1.24 bits per heavy atom. The van der Waals surface area contributed by atoms with Gasteiger partial charge in [-0.1, -0.05) is 18.2 Å². The van der Waals surface area contributed by atoms with Gasteiger partial charge in [0.05, 0.1) is 17.1 Å². The molecule has 2 heterocycles. The Balaban J connectivity index is 1.76. The Labute approximate surface area is 148 Å². The fourth-order valence-electron chi connectivity index (χ4n) is 3.37. The number of rotatable bonds is 2. The zero-order valence-electron chi connectivity index (χ0n) is 14.9. The van der Waals surface area contributed by atoms with Gasteiger partial charge in [-0.25, -0.2) is 9.78 Å². The zero-order chi connectivity index (χ0) is 18.0. The fourth-order valence-corrected chi connectivity index (χ4v) is 3.37. The van der Waals surface area contributed by atoms with Crippen LogP contribution in [0.15, 0.2) is 30.3 Å². The number of para-hydroxylation sites is 1. The smallest absolute Gasteiger partial charge is 0.319 e. The third kappa shape index (κ3) is 3.36. The van der Waals surface area contributed by atoms with Gasteiger partial charge in [0.2, 0.25) is 0 Å². The first kappa shape index (κ1) is 17.0. The monoisotopic (exact) mass is 337 g/mol. The molecule has 0 spiro atoms. The summed E-state index contributed by atoms with van der Waals surface area (Å²) in [5, 5.41) is 10.3. The molecule has 0 saturated carbocycles. The lowest BCUT2D eigenvalue weighted by molar-refractivity contribution is 0.155. The van der Waals surface area contributed by atoms with Crippen molar-refractivity contribution in [2.24, 2.45) is 0 Å². The van der Waals surface area contributed by atoms with Crippen LogP contribution in [0.4, 0.5) is 10.6 Å². The molecule has 6 nitrogen and oxygen atoms in total. The van der Waals surface area contributed by atoms with Crippen molar-refractivity contribution in [1.82, 2.24) is 14.8 Å². The minimum absolute atomic E-state index is 0.0362. The average molecular weight is 337 g/mol. The van der Waals surface area contributed by atoms with E-state index in [1.807, 2.05) is 42.3 Å². The van der Waals surface area contributed by atoms with Gasteiger partial charge < -0.3 is 14.7 Å². The second kappa shape index (κ2) is 6.98. The van der Waals surface area contributed by atoms with Crippen molar-refractivity contribution in [2.75, 3.05) is 39.1 Å². The number of nitriles is 1. The summed E-state index contributed by atoms with van der Waals surface area (Å²) in [4.78, 5) is 22.5. The molecule has 1 fully saturated rings. The largest absolute Gasteiger partial charge is 0.356 e. The van der Waals surface area contributed by atoms with Crippen LogP contribution in [0.5, 0.6) is 0 Å². The highest BCUT2D eigenvalue weighted by atomic mass is 16.2. The SMILES string of the molecule is CN(C)C(=O)N(C)C1CCN(c2cc(C#N)c3ccccc3n2)CC1. The van der Waals surface area contributed by atoms with Gasteiger partial charge in [-0.15, -0.1) is 0 Å². The Morgan fingerprint density at radius 3 is 2.56 bits per heavy atom. The number of urea groups is 1. The maximum atomic E-state index is 12.1. The number of piperidine rings is 1. The normalized spacial score (nSPS) is 15.0. The van der Waals surface area contributed by atoms with Crippen LogP contribution in [0.3, 0.4) is 0 Å². The number of amides is 2. The molecule has 0 aliphatic carbocycles. The molecule has 1 aromatic carbocycles. The van der Waals surface area contributed by atoms with Crippen LogP contribution in [-0.2, 0) is 0 Å². The van der Waals surface area contributed by atoms with Gasteiger partial charge in [-0.3, -0.25) is 0 Å². The number of fused-ring (bicyclic) bond motifs is 1. The fraction of sp³-hybridized carbons (Fsp3) is 0.421. The molecule has 130 valence electrons. The van der Waals surface area contributed by atoms with E-state index in [-0.39, 0.29) is 12.1 Å². The first-order valence-electron chi connectivity index (χ1n) is 8.50. The lowest BCUT2D eigenvalue weighted by atomic mass is 10.0. The summed E-state index contributed by atoms with van der Waals surface area (Å²) >= 11 is 0. The quantitative estimate of drug-likeness (QED) is 0.845. The van der Waals surface area contributed by atoms with E-state index < -0.39 is 0 Å². The maximum Gasteiger partial charge on any atom is 0.319 e. The van der Waals surface area contributed by atoms with Gasteiger partial charge in [0.1, 0.15) is 5.82 Å². The van der Waals surface area contributed by atoms with Crippen molar-refractivity contribution in [3.63, 3.8) is 0 Å². The Bertz CT molecular complexity index is 818. The molecule has 1 aliphatic heterocycles. The van der Waals surface area contributed by atoms with E-state index in [2.05, 4.69) is 11.0 Å². The molecular formula is C19H23N5O. The van der Waals surface area contributed by atoms with Gasteiger partial charge in [0, 0.05) is 45.7 Å². The van der Waals surface area contributed by atoms with Crippen molar-refractivity contribution in [3.8, 4) is 6.07 Å². The van der Waals surface area contributed by atoms with Crippen LogP contribution in [0.1, 0.15) is 18.4 Å². The van der Waals surface area contributed by atoms with Crippen molar-refractivity contribution in [3.05, 3.63) is 35.9 Å². The van der Waals surface area contributed by atoms with Gasteiger partial charge in [0.25, 0.3) is 0 Å². The molecule has 1 aromatic heterocycles. The number of hydrogen-bond donors (Lipinski definition) is 0. The Hall–Kier alpha value is -2.81. The summed E-state index contributed by atoms with van der Waals surface area (Å²) in [5.74, 6) is 0.843. The summed E-state index contributed by atoms with van der Waals surface area (Å²) < 4.78 is 0. The predicted molar refractivity (Wildman–Crippen MR) is 98.5 cm³/mol. The molecule has 3 rings (SSSR count). The van der Waals surface area contributed by atoms with E-state index in [9.17, 15) is 10.1 Å². The molecule has 0 N–H and O–H groups in total. The highest BCUT2D eigenvalue weighted by Crippen LogP contribution is 2.26. The molecular weight excluding hydrogens is 314 g/mol. The lowest BCUT2D eigenvalue weighted by Crippen LogP contribution is -2.48. The average Bonchev–Trinajstić information content (AvgIpc) is 2.65. The number of anilines is 1. The number of pyridine rings is 1. The van der Waals surface area contributed by atoms with Crippen molar-refractivity contribution < 1.29 is 4.79 Å². The van der Waals surface area contributed by atoms with E-state index >= 15 is 0 Å². The number of aromatic nitrogens is 1. The molecule has 2 amide bonds. The molecule has 0 radical (unpaired) electrons. The van der Waals surface area contributed by atoms with Crippen LogP contribution < -0.4 is 4.90 Å². The number of hydrogen-bond acceptors (Lipinski definition) is 4. The first-order valence-corrected chi connectivity index (χ1v) is 8.50. The minimum Gasteiger partial charge on any atom is -0.356 e. The highest BCUT2D eigenvalue weighted by Gasteiger charge is 2.27. The second-order valence-electron chi connectivity index (χ2n) is 6.66. The van der Waals surface area contributed by atoms with Gasteiger partial charge in [-0.05, 0) is 25.0 Å². The molecule has 0 bridgehead atoms. The van der Waals surface area contributed by atoms with E-state index in [1.54, 1.807) is 19.0 Å². The number of carbonyl (C=O) groups excluding carboxylic acids is 1. The maximum absolute atomic E-state index is 12.1. The van der Waals surface area contributed by atoms with Crippen molar-refractivity contribution >= 4 is 22.8 Å². The van der Waals surface area contributed by atoms with Gasteiger partial charge >= 0.3 is 6.03 Å². The molecule has 25 heavy (non-hydrogen) atoms. The third-order valence-corrected chi connectivity index (χ3v) is 4.84. The second-order valence-corrected chi connectivity index (χ2v) is 6.66. The Kier molecular flexibility index (Phi) is 4.75. The molecule has 1 aliphatic rings. The summed E-state index contributed by atoms with van der Waals surface area (Å²) in [6, 6.07) is 12.2. The zero-order valence-corrected chi connectivity index (χ0v) is 14.9. The third-order valence-electron chi connectivity index (χ3n) is 4.84. The molecule has 1 saturated heterocycles. The highest BCUT2D eigenvalue weighted by molar-refractivity contribution is 5.86. The first-order chi connectivity index (χ1) is 12.0. The summed E-state index contributed by atoms with van der Waals surface area (Å²) in [7, 11) is 5.41. The van der Waals surface area contributed by atoms with Crippen LogP contribution in [0.25, 0.3) is 10.9 Å². The summed E-state index contributed by atoms with van der Waals surface area (Å²) in [6.45, 7) is 1.65. The molecule has 0 atom stereocenters. The van der Waals surface area contributed by atoms with Crippen LogP contribution in [0.2, 0.25) is 0 Å². The lowest BCUT2D eigenvalue weighted by Gasteiger charge is -2.38. The predicted octanol–water partition coefficient (Wildman–Crippen LogP) is 2.69. The Morgan fingerprint density at radius 2 is 1.92 bits per heavy atom. The minimum atomic E-state index is 0.0362. The van der Waals surface area contributed by atoms with Crippen LogP contribution in [-0.4, -0.2) is 61.1 Å². The molecule has 6 heteroatoms. The van der Waals surface area contributed by atoms with Crippen LogP contribution >= 0.6 is 0 Å². The standard InChI is InChI=1S/C19H23N5O/c1-22(2)19(25)23(3)15-8-10-24(11-9-15)18-12-14(13-20)16-6-4-5-7-17(16)21-18/h4-7,12,15H,8-11H2,1-3H3. The molecule has 0 unspecified atom stereocenters. The van der Waals surface area contributed by atoms with E-state index in [1.165, 1.54) is 0 Å². The molecule has 2 aromatic rings. The van der Waals surface area contributed by atoms with E-state index in [4.69, 9.17) is 4.98 Å². The van der Waals surface area contributed by atoms with Gasteiger partial charge in [0.15, 0.2) is 0 Å². The number of benzene rings is 1. The summed E-state index contributed by atoms with van der Waals surface area (Å²) in [5.41, 5.74) is 1.50. The van der Waals surface area contributed by atoms with Crippen molar-refractivity contribution in [1.29, 1.82) is 5.26 Å². The van der Waals surface area contributed by atoms with Crippen molar-refractivity contribution in [2.45, 2.75) is 18.9 Å². The van der Waals surface area contributed by atoms with E-state index in [0.29, 0.717) is 5.56 Å². The summed E-state index contributed by atoms with van der Waals surface area (Å²) in [6.07, 6.45) is 1.79. The van der Waals surface area contributed by atoms with Gasteiger partial charge in [-0.2, -0.15) is 5.26 Å². The topological polar surface area (TPSA) is 63.5 Å². The number of nitrogens with zero attached hydrogens (tertiary/aromatic N) is 5. The van der Waals surface area contributed by atoms with Crippen LogP contribution in [0, 0.1) is 11.3 Å². The van der Waals surface area contributed by atoms with E-state index in [0.717, 1.165) is 42.7 Å². The number of carbonyl (C=O) groups is 1.